The topological polar surface area (TPSA) is 0 Å². The predicted molar refractivity (Wildman–Crippen MR) is 147 cm³/mol. The minimum atomic E-state index is 0.136. The van der Waals surface area contributed by atoms with E-state index in [9.17, 15) is 0 Å². The maximum Gasteiger partial charge on any atom is 0.0330 e. The van der Waals surface area contributed by atoms with Crippen LogP contribution in [0.25, 0.3) is 0 Å². The summed E-state index contributed by atoms with van der Waals surface area (Å²) in [6.45, 7) is 4.75. The lowest BCUT2D eigenvalue weighted by molar-refractivity contribution is 0.424. The van der Waals surface area contributed by atoms with E-state index in [-0.39, 0.29) is 5.41 Å². The number of rotatable bonds is 4. The Bertz CT molecular complexity index is 532. The van der Waals surface area contributed by atoms with Gasteiger partial charge in [0.1, 0.15) is 0 Å². The fourth-order valence-electron chi connectivity index (χ4n) is 6.90. The van der Waals surface area contributed by atoms with E-state index < -0.39 is 0 Å². The average Bonchev–Trinajstić information content (AvgIpc) is 2.86. The second-order valence-corrected chi connectivity index (χ2v) is 11.3. The SMILES string of the molecule is [CH2]CC(C1=CCCCCCCCC1)(C1=CCCCCCCCC1)C1=CCCCCCCCC1. The number of allylic oxidation sites excluding steroid dienone is 6. The van der Waals surface area contributed by atoms with Crippen molar-refractivity contribution in [2.24, 2.45) is 5.41 Å². The van der Waals surface area contributed by atoms with Crippen LogP contribution < -0.4 is 0 Å². The predicted octanol–water partition coefficient (Wildman–Crippen LogP) is 11.4. The van der Waals surface area contributed by atoms with Gasteiger partial charge in [0.25, 0.3) is 0 Å². The van der Waals surface area contributed by atoms with Gasteiger partial charge in [0.05, 0.1) is 0 Å². The van der Waals surface area contributed by atoms with Crippen molar-refractivity contribution < 1.29 is 0 Å². The van der Waals surface area contributed by atoms with Crippen molar-refractivity contribution in [3.63, 3.8) is 0 Å². The Hall–Kier alpha value is -0.780. The first kappa shape index (κ1) is 26.8. The smallest absolute Gasteiger partial charge is 0.0330 e. The van der Waals surface area contributed by atoms with Crippen LogP contribution >= 0.6 is 0 Å². The molecule has 0 atom stereocenters. The summed E-state index contributed by atoms with van der Waals surface area (Å²) in [4.78, 5) is 0. The summed E-state index contributed by atoms with van der Waals surface area (Å²) in [6, 6.07) is 0. The molecule has 0 aromatic rings. The van der Waals surface area contributed by atoms with E-state index in [1.807, 2.05) is 0 Å². The largest absolute Gasteiger partial charge is 0.0841 e. The highest BCUT2D eigenvalue weighted by molar-refractivity contribution is 5.42. The summed E-state index contributed by atoms with van der Waals surface area (Å²) in [7, 11) is 0. The van der Waals surface area contributed by atoms with Gasteiger partial charge in [-0.15, -0.1) is 0 Å². The van der Waals surface area contributed by atoms with Crippen molar-refractivity contribution in [2.45, 2.75) is 161 Å². The Morgan fingerprint density at radius 3 is 1.00 bits per heavy atom. The molecule has 0 spiro atoms. The Morgan fingerprint density at radius 1 is 0.424 bits per heavy atom. The zero-order chi connectivity index (χ0) is 23.0. The van der Waals surface area contributed by atoms with E-state index in [4.69, 9.17) is 6.92 Å². The Balaban J connectivity index is 2.03. The maximum atomic E-state index is 4.75. The fourth-order valence-corrected chi connectivity index (χ4v) is 6.90. The summed E-state index contributed by atoms with van der Waals surface area (Å²) in [5, 5.41) is 0. The Kier molecular flexibility index (Phi) is 13.0. The summed E-state index contributed by atoms with van der Waals surface area (Å²) in [5.41, 5.74) is 5.49. The third-order valence-electron chi connectivity index (χ3n) is 8.89. The third-order valence-corrected chi connectivity index (χ3v) is 8.89. The van der Waals surface area contributed by atoms with Gasteiger partial charge in [0, 0.05) is 5.41 Å². The van der Waals surface area contributed by atoms with E-state index in [0.29, 0.717) is 0 Å². The van der Waals surface area contributed by atoms with Crippen LogP contribution in [0.3, 0.4) is 0 Å². The van der Waals surface area contributed by atoms with Crippen molar-refractivity contribution in [2.75, 3.05) is 0 Å². The lowest BCUT2D eigenvalue weighted by Crippen LogP contribution is -2.29. The molecule has 0 N–H and O–H groups in total. The number of hydrogen-bond acceptors (Lipinski definition) is 0. The molecule has 187 valence electrons. The molecule has 0 nitrogen and oxygen atoms in total. The first-order valence-corrected chi connectivity index (χ1v) is 15.3. The quantitative estimate of drug-likeness (QED) is 0.373. The molecule has 1 radical (unpaired) electrons. The minimum absolute atomic E-state index is 0.136. The second-order valence-electron chi connectivity index (χ2n) is 11.3. The molecule has 0 amide bonds. The molecular weight excluding hydrogens is 396 g/mol. The lowest BCUT2D eigenvalue weighted by atomic mass is 9.62. The van der Waals surface area contributed by atoms with E-state index in [1.165, 1.54) is 154 Å². The van der Waals surface area contributed by atoms with Crippen molar-refractivity contribution >= 4 is 0 Å². The summed E-state index contributed by atoms with van der Waals surface area (Å²) in [5.74, 6) is 0. The van der Waals surface area contributed by atoms with Gasteiger partial charge in [-0.2, -0.15) is 0 Å². The van der Waals surface area contributed by atoms with Gasteiger partial charge in [-0.3, -0.25) is 0 Å². The molecule has 3 rings (SSSR count). The van der Waals surface area contributed by atoms with Crippen LogP contribution in [-0.4, -0.2) is 0 Å². The molecule has 3 aliphatic rings. The van der Waals surface area contributed by atoms with Crippen LogP contribution in [0.4, 0.5) is 0 Å². The van der Waals surface area contributed by atoms with Crippen molar-refractivity contribution in [3.8, 4) is 0 Å². The first-order valence-electron chi connectivity index (χ1n) is 15.3. The molecule has 0 heterocycles. The van der Waals surface area contributed by atoms with Crippen molar-refractivity contribution in [3.05, 3.63) is 41.9 Å². The van der Waals surface area contributed by atoms with Crippen molar-refractivity contribution in [1.29, 1.82) is 0 Å². The van der Waals surface area contributed by atoms with Crippen LogP contribution in [0, 0.1) is 12.3 Å². The zero-order valence-corrected chi connectivity index (χ0v) is 22.1. The highest BCUT2D eigenvalue weighted by atomic mass is 14.4. The molecule has 0 aromatic carbocycles. The van der Waals surface area contributed by atoms with E-state index in [0.717, 1.165) is 6.42 Å². The molecule has 0 aromatic heterocycles. The van der Waals surface area contributed by atoms with E-state index in [2.05, 4.69) is 18.2 Å². The van der Waals surface area contributed by atoms with E-state index >= 15 is 0 Å². The highest BCUT2D eigenvalue weighted by Gasteiger charge is 2.38. The van der Waals surface area contributed by atoms with Crippen LogP contribution in [0.5, 0.6) is 0 Å². The standard InChI is InChI=1S/C33H55/c1-2-33(30-24-18-12-6-3-7-13-19-25-30,31-26-20-14-8-4-9-15-21-27-31)32-28-22-16-10-5-11-17-23-29-32/h24,26,28H,1-23,25,27,29H2. The fraction of sp³-hybridized carbons (Fsp3) is 0.788. The molecule has 3 aliphatic carbocycles. The molecule has 0 fully saturated rings. The summed E-state index contributed by atoms with van der Waals surface area (Å²) < 4.78 is 0. The van der Waals surface area contributed by atoms with Gasteiger partial charge >= 0.3 is 0 Å². The molecule has 0 unspecified atom stereocenters. The Morgan fingerprint density at radius 2 is 0.697 bits per heavy atom. The normalized spacial score (nSPS) is 25.5. The zero-order valence-electron chi connectivity index (χ0n) is 22.1. The minimum Gasteiger partial charge on any atom is -0.0841 e. The summed E-state index contributed by atoms with van der Waals surface area (Å²) in [6.07, 6.45) is 42.5. The molecule has 0 saturated heterocycles. The van der Waals surface area contributed by atoms with Crippen LogP contribution in [0.2, 0.25) is 0 Å². The molecule has 0 bridgehead atoms. The highest BCUT2D eigenvalue weighted by Crippen LogP contribution is 2.52. The van der Waals surface area contributed by atoms with Crippen molar-refractivity contribution in [1.82, 2.24) is 0 Å². The first-order chi connectivity index (χ1) is 16.4. The third kappa shape index (κ3) is 8.43. The van der Waals surface area contributed by atoms with Crippen LogP contribution in [0.1, 0.15) is 161 Å². The summed E-state index contributed by atoms with van der Waals surface area (Å²) >= 11 is 0. The maximum absolute atomic E-state index is 4.75. The molecule has 0 saturated carbocycles. The van der Waals surface area contributed by atoms with Gasteiger partial charge in [0.15, 0.2) is 0 Å². The van der Waals surface area contributed by atoms with Gasteiger partial charge in [-0.25, -0.2) is 0 Å². The van der Waals surface area contributed by atoms with Gasteiger partial charge in [-0.1, -0.05) is 119 Å². The molecule has 0 aliphatic heterocycles. The number of hydrogen-bond donors (Lipinski definition) is 0. The molecular formula is C33H55. The van der Waals surface area contributed by atoms with Gasteiger partial charge in [-0.05, 0) is 83.5 Å². The second kappa shape index (κ2) is 16.0. The molecule has 33 heavy (non-hydrogen) atoms. The average molecular weight is 452 g/mol. The lowest BCUT2D eigenvalue weighted by Gasteiger charge is -2.42. The van der Waals surface area contributed by atoms with Gasteiger partial charge < -0.3 is 0 Å². The van der Waals surface area contributed by atoms with Gasteiger partial charge in [0.2, 0.25) is 0 Å². The van der Waals surface area contributed by atoms with E-state index in [1.54, 1.807) is 16.7 Å². The monoisotopic (exact) mass is 451 g/mol. The van der Waals surface area contributed by atoms with Crippen LogP contribution in [0.15, 0.2) is 34.9 Å². The Labute approximate surface area is 207 Å². The molecule has 0 heteroatoms. The van der Waals surface area contributed by atoms with Crippen LogP contribution in [-0.2, 0) is 0 Å².